The van der Waals surface area contributed by atoms with E-state index in [1.165, 1.54) is 99.6 Å². The van der Waals surface area contributed by atoms with Crippen LogP contribution in [0, 0.1) is 0 Å². The number of unbranched alkanes of at least 4 members (excludes halogenated alkanes) is 1. The number of anilines is 1. The highest BCUT2D eigenvalue weighted by Gasteiger charge is 2.38. The van der Waals surface area contributed by atoms with E-state index < -0.39 is 169 Å². The number of phenols is 2. The van der Waals surface area contributed by atoms with Gasteiger partial charge in [-0.25, -0.2) is 4.79 Å². The van der Waals surface area contributed by atoms with Crippen LogP contribution in [-0.4, -0.2) is 253 Å². The van der Waals surface area contributed by atoms with Crippen LogP contribution >= 0.6 is 33.2 Å². The Bertz CT molecular complexity index is 3640. The number of benzene rings is 4. The van der Waals surface area contributed by atoms with Crippen LogP contribution in [-0.2, 0) is 83.2 Å². The lowest BCUT2D eigenvalue weighted by Crippen LogP contribution is -2.62. The third-order valence-corrected chi connectivity index (χ3v) is 19.7. The van der Waals surface area contributed by atoms with Crippen molar-refractivity contribution in [2.24, 2.45) is 17.2 Å². The van der Waals surface area contributed by atoms with Crippen molar-refractivity contribution >= 4 is 116 Å². The SMILES string of the molecule is CC(O)C1NC(=O)C(CCCCN)NC(=O)[C@@H](Cc2ccc(NC(N)=O)cc2)NC(=O)C(Cc2ccc(O)cc2)NC(=O)C(NC(=O)C(Cc2ccc(Cl)cc2)NC(=O)CCC(C(=O)O)N2CCN(CC(=O)O)CCN(CC(=O)O)CC2)CSSCC(C(=O)NC(Cc2ccc(O)cc2)C(N)=O)NC1=O. The first kappa shape index (κ1) is 84.1. The first-order valence-electron chi connectivity index (χ1n) is 33.6. The van der Waals surface area contributed by atoms with Crippen molar-refractivity contribution in [3.8, 4) is 11.5 Å². The number of aliphatic hydroxyl groups is 1. The number of carbonyl (C=O) groups is 13. The molecule has 34 nitrogen and oxygen atoms in total. The van der Waals surface area contributed by atoms with E-state index in [1.807, 2.05) is 0 Å². The van der Waals surface area contributed by atoms with Gasteiger partial charge in [0.15, 0.2) is 0 Å². The minimum atomic E-state index is -1.86. The minimum Gasteiger partial charge on any atom is -0.508 e. The number of nitrogens with two attached hydrogens (primary N) is 3. The smallest absolute Gasteiger partial charge is 0.320 e. The van der Waals surface area contributed by atoms with Gasteiger partial charge in [-0.15, -0.1) is 0 Å². The molecule has 0 aliphatic carbocycles. The summed E-state index contributed by atoms with van der Waals surface area (Å²) in [5, 5.41) is 84.9. The number of carboxylic acid groups (broad SMARTS) is 3. The summed E-state index contributed by atoms with van der Waals surface area (Å²) in [6, 6.07) is 7.85. The molecule has 6 rings (SSSR count). The lowest BCUT2D eigenvalue weighted by Gasteiger charge is -2.30. The van der Waals surface area contributed by atoms with E-state index in [9.17, 15) is 78.6 Å². The normalized spacial score (nSPS) is 20.7. The number of rotatable bonds is 29. The topological polar surface area (TPSA) is 539 Å². The number of aliphatic carboxylic acids is 3. The van der Waals surface area contributed by atoms with Crippen molar-refractivity contribution in [1.29, 1.82) is 0 Å². The Labute approximate surface area is 617 Å². The Morgan fingerprint density at radius 3 is 1.59 bits per heavy atom. The molecule has 0 aromatic heterocycles. The summed E-state index contributed by atoms with van der Waals surface area (Å²) in [6.07, 6.45) is -3.34. The number of hydrogen-bond acceptors (Lipinski definition) is 22. The van der Waals surface area contributed by atoms with Crippen LogP contribution in [0.15, 0.2) is 97.1 Å². The number of carboxylic acids is 3. The highest BCUT2D eigenvalue weighted by molar-refractivity contribution is 8.76. The van der Waals surface area contributed by atoms with Crippen molar-refractivity contribution < 1.29 is 93.0 Å². The molecule has 4 aromatic rings. The summed E-state index contributed by atoms with van der Waals surface area (Å²) in [4.78, 5) is 184. The molecule has 0 bridgehead atoms. The van der Waals surface area contributed by atoms with E-state index >= 15 is 14.4 Å². The molecule has 570 valence electrons. The van der Waals surface area contributed by atoms with Gasteiger partial charge in [-0.2, -0.15) is 0 Å². The second-order valence-electron chi connectivity index (χ2n) is 25.2. The van der Waals surface area contributed by atoms with E-state index in [0.29, 0.717) is 33.7 Å². The summed E-state index contributed by atoms with van der Waals surface area (Å²) >= 11 is 6.26. The molecule has 37 heteroatoms. The van der Waals surface area contributed by atoms with Crippen LogP contribution in [0.1, 0.15) is 61.3 Å². The summed E-state index contributed by atoms with van der Waals surface area (Å²) in [5.41, 5.74) is 18.8. The lowest BCUT2D eigenvalue weighted by atomic mass is 10.0. The average molecular weight is 1520 g/mol. The Balaban J connectivity index is 1.42. The molecule has 21 N–H and O–H groups in total. The second-order valence-corrected chi connectivity index (χ2v) is 28.2. The number of urea groups is 1. The number of carbonyl (C=O) groups excluding carboxylic acids is 10. The van der Waals surface area contributed by atoms with Gasteiger partial charge in [-0.05, 0) is 110 Å². The van der Waals surface area contributed by atoms with Gasteiger partial charge in [-0.1, -0.05) is 81.7 Å². The highest BCUT2D eigenvalue weighted by atomic mass is 35.5. The maximum atomic E-state index is 15.3. The van der Waals surface area contributed by atoms with Crippen molar-refractivity contribution in [1.82, 2.24) is 57.2 Å². The molecule has 0 radical (unpaired) electrons. The molecular formula is C68H90ClN15O19S2. The molecule has 11 amide bonds. The summed E-state index contributed by atoms with van der Waals surface area (Å²) in [5.74, 6) is -13.9. The van der Waals surface area contributed by atoms with Crippen LogP contribution in [0.2, 0.25) is 5.02 Å². The van der Waals surface area contributed by atoms with Crippen molar-refractivity contribution in [3.05, 3.63) is 124 Å². The van der Waals surface area contributed by atoms with Gasteiger partial charge in [0.1, 0.15) is 65.9 Å². The third-order valence-electron chi connectivity index (χ3n) is 17.0. The van der Waals surface area contributed by atoms with E-state index in [-0.39, 0.29) is 108 Å². The van der Waals surface area contributed by atoms with Crippen LogP contribution in [0.4, 0.5) is 10.5 Å². The third kappa shape index (κ3) is 29.0. The molecule has 9 unspecified atom stereocenters. The number of phenolic OH excluding ortho intramolecular Hbond substituents is 2. The quantitative estimate of drug-likeness (QED) is 0.0209. The van der Waals surface area contributed by atoms with E-state index in [1.54, 1.807) is 12.1 Å². The van der Waals surface area contributed by atoms with E-state index in [4.69, 9.17) is 28.8 Å². The number of nitrogens with one attached hydrogen (secondary N) is 9. The Hall–Kier alpha value is -9.82. The molecule has 2 heterocycles. The van der Waals surface area contributed by atoms with Gasteiger partial charge < -0.3 is 95.7 Å². The average Bonchev–Trinajstić information content (AvgIpc) is 1.56. The number of nitrogens with zero attached hydrogens (tertiary/aromatic N) is 3. The zero-order chi connectivity index (χ0) is 76.9. The molecule has 2 aliphatic rings. The van der Waals surface area contributed by atoms with Crippen LogP contribution in [0.5, 0.6) is 11.5 Å². The maximum absolute atomic E-state index is 15.3. The van der Waals surface area contributed by atoms with Crippen LogP contribution in [0.25, 0.3) is 0 Å². The standard InChI is InChI=1S/C68H90ClN15O19S2/c1-38(85)58-66(100)80-53(64(98)76-48(59(71)93)30-41-9-17-45(86)18-10-41)37-105-104-36-52(79-61(95)49(31-39-5-13-43(69)14-6-39)74-55(88)22-21-54(67(101)102)84-28-26-82(34-56(89)90)24-25-83(27-29-84)35-57(91)92)65(99)78-51(33-42-11-19-46(87)20-12-42)63(97)77-50(32-40-7-15-44(16-8-40)73-68(72)103)62(96)75-47(60(94)81-58)4-2-3-23-70/h5-20,38,47-54,58,85-87H,2-4,21-37,70H2,1H3,(H2,71,93)(H,74,88)(H,75,96)(H,76,98)(H,77,97)(H,78,99)(H,79,95)(H,80,100)(H,81,94)(H,89,90)(H,91,92)(H,101,102)(H3,72,73,103)/t38?,47?,48?,49?,50-,51?,52?,53?,54?,58?/m1/s1. The lowest BCUT2D eigenvalue weighted by molar-refractivity contribution is -0.145. The number of halogens is 1. The fraction of sp³-hybridized carbons (Fsp3) is 0.456. The number of aliphatic hydroxyl groups excluding tert-OH is 1. The van der Waals surface area contributed by atoms with Gasteiger partial charge in [0.25, 0.3) is 0 Å². The Morgan fingerprint density at radius 2 is 1.08 bits per heavy atom. The minimum absolute atomic E-state index is 0.00853. The molecule has 4 aromatic carbocycles. The van der Waals surface area contributed by atoms with Crippen molar-refractivity contribution in [2.45, 2.75) is 125 Å². The van der Waals surface area contributed by atoms with E-state index in [2.05, 4.69) is 47.9 Å². The van der Waals surface area contributed by atoms with Crippen LogP contribution < -0.4 is 65.1 Å². The predicted molar refractivity (Wildman–Crippen MR) is 387 cm³/mol. The van der Waals surface area contributed by atoms with Gasteiger partial charge >= 0.3 is 23.9 Å². The number of hydrogen-bond donors (Lipinski definition) is 18. The Kier molecular flexibility index (Phi) is 33.8. The largest absolute Gasteiger partial charge is 0.508 e. The number of primary amides is 2. The van der Waals surface area contributed by atoms with Crippen molar-refractivity contribution in [3.63, 3.8) is 0 Å². The first-order chi connectivity index (χ1) is 49.9. The molecule has 2 aliphatic heterocycles. The van der Waals surface area contributed by atoms with Crippen molar-refractivity contribution in [2.75, 3.05) is 75.7 Å². The van der Waals surface area contributed by atoms with Crippen LogP contribution in [0.3, 0.4) is 0 Å². The molecule has 105 heavy (non-hydrogen) atoms. The Morgan fingerprint density at radius 1 is 0.590 bits per heavy atom. The molecule has 2 fully saturated rings. The summed E-state index contributed by atoms with van der Waals surface area (Å²) in [7, 11) is 1.68. The van der Waals surface area contributed by atoms with Gasteiger partial charge in [0.2, 0.25) is 53.2 Å². The van der Waals surface area contributed by atoms with Gasteiger partial charge in [-0.3, -0.25) is 72.2 Å². The van der Waals surface area contributed by atoms with E-state index in [0.717, 1.165) is 28.5 Å². The molecule has 2 saturated heterocycles. The highest BCUT2D eigenvalue weighted by Crippen LogP contribution is 2.25. The number of amides is 11. The molecular weight excluding hydrogens is 1430 g/mol. The zero-order valence-electron chi connectivity index (χ0n) is 57.4. The van der Waals surface area contributed by atoms with Gasteiger partial charge in [0, 0.05) is 93.6 Å². The molecule has 0 saturated carbocycles. The predicted octanol–water partition coefficient (Wildman–Crippen LogP) is -1.90. The maximum Gasteiger partial charge on any atom is 0.320 e. The second kappa shape index (κ2) is 42.2. The molecule has 10 atom stereocenters. The zero-order valence-corrected chi connectivity index (χ0v) is 59.8. The number of aromatic hydroxyl groups is 2. The fourth-order valence-electron chi connectivity index (χ4n) is 11.4. The fourth-order valence-corrected chi connectivity index (χ4v) is 13.8. The molecule has 0 spiro atoms. The monoisotopic (exact) mass is 1520 g/mol. The van der Waals surface area contributed by atoms with Gasteiger partial charge in [0.05, 0.1) is 19.2 Å². The summed E-state index contributed by atoms with van der Waals surface area (Å²) < 4.78 is 0. The summed E-state index contributed by atoms with van der Waals surface area (Å²) in [6.45, 7) is 0.957. The first-order valence-corrected chi connectivity index (χ1v) is 36.4.